The average Bonchev–Trinajstić information content (AvgIpc) is 2.75. The van der Waals surface area contributed by atoms with Crippen LogP contribution in [0.4, 0.5) is 0 Å². The summed E-state index contributed by atoms with van der Waals surface area (Å²) in [4.78, 5) is 0. The third-order valence-corrected chi connectivity index (χ3v) is 3.04. The summed E-state index contributed by atoms with van der Waals surface area (Å²) in [7, 11) is 3.28. The van der Waals surface area contributed by atoms with Crippen molar-refractivity contribution in [2.75, 3.05) is 20.8 Å². The van der Waals surface area contributed by atoms with E-state index in [1.807, 2.05) is 31.2 Å². The Morgan fingerprint density at radius 3 is 2.58 bits per heavy atom. The number of ether oxygens (including phenoxy) is 2. The van der Waals surface area contributed by atoms with Crippen molar-refractivity contribution in [2.24, 2.45) is 5.73 Å². The normalized spacial score (nSPS) is 10.5. The minimum atomic E-state index is 0.564. The summed E-state index contributed by atoms with van der Waals surface area (Å²) in [6.45, 7) is 2.52. The van der Waals surface area contributed by atoms with Gasteiger partial charge in [-0.3, -0.25) is 0 Å². The van der Waals surface area contributed by atoms with Gasteiger partial charge in [0, 0.05) is 5.56 Å². The van der Waals surface area contributed by atoms with E-state index in [9.17, 15) is 0 Å². The van der Waals surface area contributed by atoms with Gasteiger partial charge in [-0.1, -0.05) is 12.1 Å². The molecule has 0 aliphatic rings. The highest BCUT2D eigenvalue weighted by Gasteiger charge is 2.18. The maximum Gasteiger partial charge on any atom is 0.220 e. The van der Waals surface area contributed by atoms with Crippen molar-refractivity contribution >= 4 is 0 Å². The molecule has 0 fully saturated rings. The van der Waals surface area contributed by atoms with Crippen molar-refractivity contribution in [2.45, 2.75) is 13.3 Å². The van der Waals surface area contributed by atoms with Crippen LogP contribution in [-0.2, 0) is 6.42 Å². The van der Waals surface area contributed by atoms with Crippen LogP contribution in [0.3, 0.4) is 0 Å². The molecule has 0 aliphatic heterocycles. The molecule has 5 heteroatoms. The number of aryl methyl sites for hydroxylation is 1. The Morgan fingerprint density at radius 2 is 1.95 bits per heavy atom. The standard InChI is InChI=1S/C14H19N3O2/c1-10-11(8-9-15)14(19-3)17(16-10)12-6-4-5-7-13(12)18-2/h4-7H,8-9,15H2,1-3H3. The predicted octanol–water partition coefficient (Wildman–Crippen LogP) is 1.70. The van der Waals surface area contributed by atoms with E-state index in [-0.39, 0.29) is 0 Å². The first kappa shape index (κ1) is 13.4. The smallest absolute Gasteiger partial charge is 0.220 e. The zero-order valence-corrected chi connectivity index (χ0v) is 11.5. The lowest BCUT2D eigenvalue weighted by Crippen LogP contribution is -2.06. The van der Waals surface area contributed by atoms with E-state index in [2.05, 4.69) is 5.10 Å². The van der Waals surface area contributed by atoms with E-state index in [0.29, 0.717) is 12.4 Å². The van der Waals surface area contributed by atoms with Crippen LogP contribution in [0.15, 0.2) is 24.3 Å². The van der Waals surface area contributed by atoms with Gasteiger partial charge >= 0.3 is 0 Å². The quantitative estimate of drug-likeness (QED) is 0.889. The van der Waals surface area contributed by atoms with Gasteiger partial charge in [-0.15, -0.1) is 0 Å². The molecule has 1 aromatic carbocycles. The molecule has 19 heavy (non-hydrogen) atoms. The van der Waals surface area contributed by atoms with Crippen LogP contribution >= 0.6 is 0 Å². The van der Waals surface area contributed by atoms with Gasteiger partial charge in [-0.25, -0.2) is 0 Å². The molecule has 0 unspecified atom stereocenters. The molecule has 0 amide bonds. The summed E-state index contributed by atoms with van der Waals surface area (Å²) in [5, 5.41) is 4.54. The van der Waals surface area contributed by atoms with Crippen LogP contribution in [0.25, 0.3) is 5.69 Å². The molecular weight excluding hydrogens is 242 g/mol. The molecule has 1 heterocycles. The number of rotatable bonds is 5. The fourth-order valence-electron chi connectivity index (χ4n) is 2.15. The van der Waals surface area contributed by atoms with E-state index in [1.54, 1.807) is 18.9 Å². The number of hydrogen-bond acceptors (Lipinski definition) is 4. The molecule has 0 saturated heterocycles. The Labute approximate surface area is 112 Å². The van der Waals surface area contributed by atoms with Crippen molar-refractivity contribution in [1.82, 2.24) is 9.78 Å². The van der Waals surface area contributed by atoms with Crippen LogP contribution < -0.4 is 15.2 Å². The molecule has 2 aromatic rings. The molecule has 0 aliphatic carbocycles. The van der Waals surface area contributed by atoms with Crippen molar-refractivity contribution in [3.8, 4) is 17.3 Å². The average molecular weight is 261 g/mol. The zero-order valence-electron chi connectivity index (χ0n) is 11.5. The maximum atomic E-state index is 5.64. The summed E-state index contributed by atoms with van der Waals surface area (Å²) < 4.78 is 12.6. The zero-order chi connectivity index (χ0) is 13.8. The van der Waals surface area contributed by atoms with E-state index in [1.165, 1.54) is 0 Å². The van der Waals surface area contributed by atoms with Gasteiger partial charge in [0.15, 0.2) is 0 Å². The lowest BCUT2D eigenvalue weighted by molar-refractivity contribution is 0.373. The van der Waals surface area contributed by atoms with Crippen LogP contribution in [0.2, 0.25) is 0 Å². The fourth-order valence-corrected chi connectivity index (χ4v) is 2.15. The van der Waals surface area contributed by atoms with Crippen molar-refractivity contribution in [3.63, 3.8) is 0 Å². The van der Waals surface area contributed by atoms with Gasteiger partial charge in [-0.05, 0) is 32.0 Å². The molecular formula is C14H19N3O2. The lowest BCUT2D eigenvalue weighted by Gasteiger charge is -2.11. The summed E-state index contributed by atoms with van der Waals surface area (Å²) in [5.74, 6) is 1.47. The second-order valence-corrected chi connectivity index (χ2v) is 4.20. The van der Waals surface area contributed by atoms with Gasteiger partial charge in [-0.2, -0.15) is 9.78 Å². The number of para-hydroxylation sites is 2. The highest BCUT2D eigenvalue weighted by molar-refractivity contribution is 5.50. The summed E-state index contributed by atoms with van der Waals surface area (Å²) in [5.41, 5.74) is 8.46. The number of benzene rings is 1. The predicted molar refractivity (Wildman–Crippen MR) is 74.2 cm³/mol. The van der Waals surface area contributed by atoms with Crippen molar-refractivity contribution < 1.29 is 9.47 Å². The van der Waals surface area contributed by atoms with Gasteiger partial charge in [0.25, 0.3) is 0 Å². The largest absolute Gasteiger partial charge is 0.494 e. The first-order valence-corrected chi connectivity index (χ1v) is 6.18. The molecule has 2 rings (SSSR count). The van der Waals surface area contributed by atoms with Gasteiger partial charge in [0.1, 0.15) is 11.4 Å². The Morgan fingerprint density at radius 1 is 1.21 bits per heavy atom. The van der Waals surface area contributed by atoms with Crippen molar-refractivity contribution in [1.29, 1.82) is 0 Å². The molecule has 0 saturated carbocycles. The minimum absolute atomic E-state index is 0.564. The number of methoxy groups -OCH3 is 2. The molecule has 5 nitrogen and oxygen atoms in total. The van der Waals surface area contributed by atoms with E-state index >= 15 is 0 Å². The van der Waals surface area contributed by atoms with E-state index < -0.39 is 0 Å². The number of hydrogen-bond donors (Lipinski definition) is 1. The number of aromatic nitrogens is 2. The molecule has 2 N–H and O–H groups in total. The maximum absolute atomic E-state index is 5.64. The van der Waals surface area contributed by atoms with Crippen LogP contribution in [0.5, 0.6) is 11.6 Å². The topological polar surface area (TPSA) is 62.3 Å². The fraction of sp³-hybridized carbons (Fsp3) is 0.357. The third-order valence-electron chi connectivity index (χ3n) is 3.04. The number of nitrogens with zero attached hydrogens (tertiary/aromatic N) is 2. The molecule has 0 atom stereocenters. The second kappa shape index (κ2) is 5.75. The monoisotopic (exact) mass is 261 g/mol. The molecule has 0 radical (unpaired) electrons. The Balaban J connectivity index is 2.59. The summed E-state index contributed by atoms with van der Waals surface area (Å²) in [6, 6.07) is 7.71. The minimum Gasteiger partial charge on any atom is -0.494 e. The molecule has 102 valence electrons. The van der Waals surface area contributed by atoms with Crippen LogP contribution in [-0.4, -0.2) is 30.5 Å². The molecule has 0 bridgehead atoms. The van der Waals surface area contributed by atoms with E-state index in [0.717, 1.165) is 29.1 Å². The summed E-state index contributed by atoms with van der Waals surface area (Å²) in [6.07, 6.45) is 0.740. The first-order chi connectivity index (χ1) is 9.22. The Bertz CT molecular complexity index is 564. The molecule has 1 aromatic heterocycles. The first-order valence-electron chi connectivity index (χ1n) is 6.18. The van der Waals surface area contributed by atoms with E-state index in [4.69, 9.17) is 15.2 Å². The Kier molecular flexibility index (Phi) is 4.06. The number of nitrogens with two attached hydrogens (primary N) is 1. The SMILES string of the molecule is COc1ccccc1-n1nc(C)c(CCN)c1OC. The van der Waals surface area contributed by atoms with Gasteiger partial charge in [0.05, 0.1) is 19.9 Å². The summed E-state index contributed by atoms with van der Waals surface area (Å²) >= 11 is 0. The molecule has 0 spiro atoms. The van der Waals surface area contributed by atoms with Crippen molar-refractivity contribution in [3.05, 3.63) is 35.5 Å². The highest BCUT2D eigenvalue weighted by Crippen LogP contribution is 2.30. The Hall–Kier alpha value is -2.01. The van der Waals surface area contributed by atoms with Crippen LogP contribution in [0, 0.1) is 6.92 Å². The lowest BCUT2D eigenvalue weighted by atomic mass is 10.2. The second-order valence-electron chi connectivity index (χ2n) is 4.20. The van der Waals surface area contributed by atoms with Gasteiger partial charge < -0.3 is 15.2 Å². The highest BCUT2D eigenvalue weighted by atomic mass is 16.5. The van der Waals surface area contributed by atoms with Gasteiger partial charge in [0.2, 0.25) is 5.88 Å². The third kappa shape index (κ3) is 2.42. The van der Waals surface area contributed by atoms with Crippen LogP contribution in [0.1, 0.15) is 11.3 Å².